The molecule has 0 saturated heterocycles. The molecule has 3 rings (SSSR count). The summed E-state index contributed by atoms with van der Waals surface area (Å²) in [5, 5.41) is 8.92. The molecule has 1 aromatic carbocycles. The molecule has 0 spiro atoms. The molecule has 0 amide bonds. The number of benzene rings is 1. The van der Waals surface area contributed by atoms with Crippen molar-refractivity contribution in [3.63, 3.8) is 0 Å². The number of aromatic nitrogens is 3. The number of carbonyl (C=O) groups excluding carboxylic acids is 1. The third kappa shape index (κ3) is 4.71. The summed E-state index contributed by atoms with van der Waals surface area (Å²) < 4.78 is 6.76. The third-order valence-electron chi connectivity index (χ3n) is 5.11. The molecule has 0 aliphatic carbocycles. The zero-order valence-electron chi connectivity index (χ0n) is 17.8. The number of rotatable bonds is 6. The summed E-state index contributed by atoms with van der Waals surface area (Å²) >= 11 is 12.8. The largest absolute Gasteiger partial charge is 0.462 e. The average Bonchev–Trinajstić information content (AvgIpc) is 3.07. The molecule has 30 heavy (non-hydrogen) atoms. The maximum Gasteiger partial charge on any atom is 0.343 e. The molecule has 0 aliphatic heterocycles. The highest BCUT2D eigenvalue weighted by Crippen LogP contribution is 2.31. The second-order valence-electron chi connectivity index (χ2n) is 8.28. The first-order valence-electron chi connectivity index (χ1n) is 9.86. The second kappa shape index (κ2) is 8.82. The molecule has 1 unspecified atom stereocenters. The summed E-state index contributed by atoms with van der Waals surface area (Å²) in [6, 6.07) is 7.69. The van der Waals surface area contributed by atoms with Gasteiger partial charge in [0.2, 0.25) is 0 Å². The molecule has 0 radical (unpaired) electrons. The second-order valence-corrected chi connectivity index (χ2v) is 9.08. The normalized spacial score (nSPS) is 12.8. The van der Waals surface area contributed by atoms with Crippen LogP contribution in [0.2, 0.25) is 10.2 Å². The van der Waals surface area contributed by atoms with Gasteiger partial charge in [0.05, 0.1) is 12.8 Å². The van der Waals surface area contributed by atoms with Crippen LogP contribution < -0.4 is 5.32 Å². The van der Waals surface area contributed by atoms with Crippen molar-refractivity contribution >= 4 is 40.6 Å². The minimum absolute atomic E-state index is 0.0213. The molecule has 1 atom stereocenters. The van der Waals surface area contributed by atoms with Crippen molar-refractivity contribution in [2.45, 2.75) is 47.1 Å². The number of hydrogen-bond acceptors (Lipinski definition) is 5. The molecular formula is C22H26Cl2N4O2. The molecule has 1 N–H and O–H groups in total. The van der Waals surface area contributed by atoms with Crippen molar-refractivity contribution in [1.82, 2.24) is 14.6 Å². The van der Waals surface area contributed by atoms with Crippen molar-refractivity contribution in [3.05, 3.63) is 57.3 Å². The van der Waals surface area contributed by atoms with Gasteiger partial charge < -0.3 is 10.1 Å². The van der Waals surface area contributed by atoms with Gasteiger partial charge in [-0.1, -0.05) is 56.1 Å². The van der Waals surface area contributed by atoms with E-state index in [-0.39, 0.29) is 23.6 Å². The summed E-state index contributed by atoms with van der Waals surface area (Å²) in [6.45, 7) is 10.6. The first-order chi connectivity index (χ1) is 14.1. The Hall–Kier alpha value is -2.31. The Labute approximate surface area is 186 Å². The van der Waals surface area contributed by atoms with Gasteiger partial charge in [-0.15, -0.1) is 0 Å². The van der Waals surface area contributed by atoms with E-state index in [4.69, 9.17) is 27.9 Å². The van der Waals surface area contributed by atoms with Gasteiger partial charge in [0.1, 0.15) is 16.5 Å². The first kappa shape index (κ1) is 22.4. The maximum absolute atomic E-state index is 12.3. The number of hydrogen-bond donors (Lipinski definition) is 1. The predicted molar refractivity (Wildman–Crippen MR) is 121 cm³/mol. The Morgan fingerprint density at radius 2 is 2.03 bits per heavy atom. The molecule has 3 aromatic rings. The van der Waals surface area contributed by atoms with Crippen molar-refractivity contribution < 1.29 is 9.53 Å². The molecule has 0 fully saturated rings. The number of fused-ring (bicyclic) bond motifs is 1. The number of nitrogens with one attached hydrogen (secondary N) is 1. The van der Waals surface area contributed by atoms with Crippen molar-refractivity contribution in [2.75, 3.05) is 11.9 Å². The fourth-order valence-electron chi connectivity index (χ4n) is 2.93. The van der Waals surface area contributed by atoms with Crippen LogP contribution in [0.1, 0.15) is 56.1 Å². The van der Waals surface area contributed by atoms with E-state index in [1.807, 2.05) is 24.3 Å². The SMILES string of the molecule is CCOC(=O)c1cnn2c(NC(C)C(C)(C)C)c(Cc3cccc(Cl)c3)c(Cl)nc12. The highest BCUT2D eigenvalue weighted by atomic mass is 35.5. The lowest BCUT2D eigenvalue weighted by molar-refractivity contribution is 0.0528. The summed E-state index contributed by atoms with van der Waals surface area (Å²) in [5.74, 6) is 0.219. The van der Waals surface area contributed by atoms with Gasteiger partial charge in [0.25, 0.3) is 0 Å². The van der Waals surface area contributed by atoms with E-state index in [9.17, 15) is 4.79 Å². The zero-order chi connectivity index (χ0) is 22.1. The molecule has 0 aliphatic rings. The van der Waals surface area contributed by atoms with Gasteiger partial charge in [0, 0.05) is 23.0 Å². The topological polar surface area (TPSA) is 68.5 Å². The number of halogens is 2. The Bertz CT molecular complexity index is 1070. The van der Waals surface area contributed by atoms with E-state index in [1.54, 1.807) is 11.4 Å². The van der Waals surface area contributed by atoms with Crippen molar-refractivity contribution in [1.29, 1.82) is 0 Å². The molecule has 8 heteroatoms. The van der Waals surface area contributed by atoms with Crippen LogP contribution in [0, 0.1) is 5.41 Å². The van der Waals surface area contributed by atoms with Gasteiger partial charge in [-0.2, -0.15) is 9.61 Å². The van der Waals surface area contributed by atoms with Crippen LogP contribution in [0.15, 0.2) is 30.5 Å². The number of ether oxygens (including phenoxy) is 1. The van der Waals surface area contributed by atoms with E-state index in [2.05, 4.69) is 43.1 Å². The fraction of sp³-hybridized carbons (Fsp3) is 0.409. The van der Waals surface area contributed by atoms with Crippen LogP contribution in [-0.2, 0) is 11.2 Å². The van der Waals surface area contributed by atoms with Crippen LogP contribution in [-0.4, -0.2) is 33.2 Å². The number of anilines is 1. The van der Waals surface area contributed by atoms with Gasteiger partial charge in [-0.25, -0.2) is 9.78 Å². The molecule has 160 valence electrons. The van der Waals surface area contributed by atoms with Crippen molar-refractivity contribution in [3.8, 4) is 0 Å². The van der Waals surface area contributed by atoms with E-state index in [0.717, 1.165) is 11.1 Å². The molecule has 6 nitrogen and oxygen atoms in total. The van der Waals surface area contributed by atoms with Crippen LogP contribution >= 0.6 is 23.2 Å². The zero-order valence-corrected chi connectivity index (χ0v) is 19.3. The van der Waals surface area contributed by atoms with E-state index < -0.39 is 5.97 Å². The Morgan fingerprint density at radius 3 is 2.67 bits per heavy atom. The molecule has 0 bridgehead atoms. The third-order valence-corrected chi connectivity index (χ3v) is 5.66. The number of carbonyl (C=O) groups is 1. The number of esters is 1. The monoisotopic (exact) mass is 448 g/mol. The summed E-state index contributed by atoms with van der Waals surface area (Å²) in [4.78, 5) is 16.8. The molecule has 0 saturated carbocycles. The van der Waals surface area contributed by atoms with Crippen LogP contribution in [0.25, 0.3) is 5.65 Å². The molecular weight excluding hydrogens is 423 g/mol. The van der Waals surface area contributed by atoms with Gasteiger partial charge in [-0.3, -0.25) is 0 Å². The van der Waals surface area contributed by atoms with Gasteiger partial charge in [-0.05, 0) is 37.0 Å². The quantitative estimate of drug-likeness (QED) is 0.389. The predicted octanol–water partition coefficient (Wildman–Crippen LogP) is 5.65. The lowest BCUT2D eigenvalue weighted by atomic mass is 9.88. The molecule has 2 heterocycles. The smallest absolute Gasteiger partial charge is 0.343 e. The van der Waals surface area contributed by atoms with E-state index in [0.29, 0.717) is 28.1 Å². The highest BCUT2D eigenvalue weighted by Gasteiger charge is 2.26. The average molecular weight is 449 g/mol. The Morgan fingerprint density at radius 1 is 1.30 bits per heavy atom. The summed E-state index contributed by atoms with van der Waals surface area (Å²) in [5.41, 5.74) is 2.39. The minimum Gasteiger partial charge on any atom is -0.462 e. The maximum atomic E-state index is 12.3. The standard InChI is InChI=1S/C22H26Cl2N4O2/c1-6-30-21(29)17-12-25-28-19(26-13(2)22(3,4)5)16(18(24)27-20(17)28)11-14-8-7-9-15(23)10-14/h7-10,12-13,26H,6,11H2,1-5H3. The Balaban J connectivity index is 2.17. The van der Waals surface area contributed by atoms with Gasteiger partial charge >= 0.3 is 5.97 Å². The number of nitrogens with zero attached hydrogens (tertiary/aromatic N) is 3. The van der Waals surface area contributed by atoms with E-state index >= 15 is 0 Å². The van der Waals surface area contributed by atoms with E-state index in [1.165, 1.54) is 6.20 Å². The lowest BCUT2D eigenvalue weighted by Crippen LogP contribution is -2.32. The summed E-state index contributed by atoms with van der Waals surface area (Å²) in [6.07, 6.45) is 1.98. The fourth-order valence-corrected chi connectivity index (χ4v) is 3.38. The molecule has 2 aromatic heterocycles. The lowest BCUT2D eigenvalue weighted by Gasteiger charge is -2.30. The van der Waals surface area contributed by atoms with Crippen LogP contribution in [0.3, 0.4) is 0 Å². The Kier molecular flexibility index (Phi) is 6.58. The first-order valence-corrected chi connectivity index (χ1v) is 10.6. The van der Waals surface area contributed by atoms with Crippen LogP contribution in [0.4, 0.5) is 5.82 Å². The highest BCUT2D eigenvalue weighted by molar-refractivity contribution is 6.31. The van der Waals surface area contributed by atoms with Crippen molar-refractivity contribution in [2.24, 2.45) is 5.41 Å². The van der Waals surface area contributed by atoms with Crippen LogP contribution in [0.5, 0.6) is 0 Å². The van der Waals surface area contributed by atoms with Gasteiger partial charge in [0.15, 0.2) is 5.65 Å². The summed E-state index contributed by atoms with van der Waals surface area (Å²) in [7, 11) is 0. The minimum atomic E-state index is -0.478.